The molecular formula is C8H16ClNO. The van der Waals surface area contributed by atoms with Gasteiger partial charge in [0.15, 0.2) is 0 Å². The average molecular weight is 178 g/mol. The van der Waals surface area contributed by atoms with Crippen LogP contribution >= 0.6 is 11.6 Å². The number of hydrogen-bond donors (Lipinski definition) is 0. The van der Waals surface area contributed by atoms with Gasteiger partial charge in [-0.25, -0.2) is 0 Å². The molecule has 0 saturated carbocycles. The number of carbonyl (C=O) groups excluding carboxylic acids is 1. The molecule has 0 heterocycles. The maximum atomic E-state index is 11.1. The molecule has 0 atom stereocenters. The van der Waals surface area contributed by atoms with Crippen LogP contribution in [0.15, 0.2) is 0 Å². The molecule has 0 aromatic rings. The van der Waals surface area contributed by atoms with Gasteiger partial charge in [-0.1, -0.05) is 13.8 Å². The number of amides is 1. The summed E-state index contributed by atoms with van der Waals surface area (Å²) in [5, 5.41) is 0. The van der Waals surface area contributed by atoms with Crippen LogP contribution in [0.1, 0.15) is 20.3 Å². The quantitative estimate of drug-likeness (QED) is 0.599. The predicted octanol–water partition coefficient (Wildman–Crippen LogP) is 1.73. The summed E-state index contributed by atoms with van der Waals surface area (Å²) >= 11 is 5.43. The highest BCUT2D eigenvalue weighted by atomic mass is 35.5. The standard InChI is InChI=1S/C8H16ClNO/c1-7(2)6-10(3)8(11)4-5-9/h7H,4-6H2,1-3H3. The SMILES string of the molecule is CC(C)CN(C)C(=O)CCCl. The van der Waals surface area contributed by atoms with Gasteiger partial charge in [-0.05, 0) is 5.92 Å². The molecule has 0 rings (SSSR count). The summed E-state index contributed by atoms with van der Waals surface area (Å²) in [6.45, 7) is 4.99. The van der Waals surface area contributed by atoms with Crippen LogP contribution in [0.3, 0.4) is 0 Å². The highest BCUT2D eigenvalue weighted by Crippen LogP contribution is 1.98. The summed E-state index contributed by atoms with van der Waals surface area (Å²) in [5.74, 6) is 1.08. The van der Waals surface area contributed by atoms with E-state index in [1.165, 1.54) is 0 Å². The van der Waals surface area contributed by atoms with Crippen LogP contribution in [0.2, 0.25) is 0 Å². The van der Waals surface area contributed by atoms with E-state index in [1.807, 2.05) is 7.05 Å². The molecule has 0 aromatic carbocycles. The van der Waals surface area contributed by atoms with E-state index in [0.717, 1.165) is 6.54 Å². The van der Waals surface area contributed by atoms with Crippen LogP contribution in [0, 0.1) is 5.92 Å². The third kappa shape index (κ3) is 5.08. The van der Waals surface area contributed by atoms with Crippen LogP contribution in [-0.2, 0) is 4.79 Å². The number of rotatable bonds is 4. The van der Waals surface area contributed by atoms with Gasteiger partial charge < -0.3 is 4.90 Å². The van der Waals surface area contributed by atoms with Crippen molar-refractivity contribution in [2.45, 2.75) is 20.3 Å². The third-order valence-corrected chi connectivity index (χ3v) is 1.56. The Labute approximate surface area is 73.5 Å². The van der Waals surface area contributed by atoms with Gasteiger partial charge in [-0.15, -0.1) is 11.6 Å². The van der Waals surface area contributed by atoms with E-state index < -0.39 is 0 Å². The normalized spacial score (nSPS) is 10.3. The molecule has 0 aliphatic rings. The minimum atomic E-state index is 0.133. The minimum absolute atomic E-state index is 0.133. The Bertz CT molecular complexity index is 125. The second-order valence-corrected chi connectivity index (χ2v) is 3.49. The maximum absolute atomic E-state index is 11.1. The Balaban J connectivity index is 3.64. The zero-order valence-electron chi connectivity index (χ0n) is 7.43. The lowest BCUT2D eigenvalue weighted by Crippen LogP contribution is -2.30. The molecule has 0 aromatic heterocycles. The third-order valence-electron chi connectivity index (χ3n) is 1.37. The zero-order chi connectivity index (χ0) is 8.85. The zero-order valence-corrected chi connectivity index (χ0v) is 8.19. The van der Waals surface area contributed by atoms with Crippen LogP contribution in [0.4, 0.5) is 0 Å². The maximum Gasteiger partial charge on any atom is 0.223 e. The first-order chi connectivity index (χ1) is 5.07. The minimum Gasteiger partial charge on any atom is -0.345 e. The van der Waals surface area contributed by atoms with Crippen molar-refractivity contribution in [3.8, 4) is 0 Å². The fourth-order valence-corrected chi connectivity index (χ4v) is 1.08. The van der Waals surface area contributed by atoms with Crippen molar-refractivity contribution in [2.75, 3.05) is 19.5 Å². The van der Waals surface area contributed by atoms with Gasteiger partial charge in [0.2, 0.25) is 5.91 Å². The summed E-state index contributed by atoms with van der Waals surface area (Å²) in [7, 11) is 1.81. The number of hydrogen-bond acceptors (Lipinski definition) is 1. The topological polar surface area (TPSA) is 20.3 Å². The van der Waals surface area contributed by atoms with Crippen molar-refractivity contribution >= 4 is 17.5 Å². The first kappa shape index (κ1) is 10.8. The molecular weight excluding hydrogens is 162 g/mol. The van der Waals surface area contributed by atoms with Crippen LogP contribution in [0.5, 0.6) is 0 Å². The van der Waals surface area contributed by atoms with Crippen LogP contribution in [-0.4, -0.2) is 30.3 Å². The number of halogens is 1. The Morgan fingerprint density at radius 2 is 2.09 bits per heavy atom. The highest BCUT2D eigenvalue weighted by molar-refractivity contribution is 6.18. The molecule has 0 unspecified atom stereocenters. The summed E-state index contributed by atoms with van der Waals surface area (Å²) in [6.07, 6.45) is 0.449. The largest absolute Gasteiger partial charge is 0.345 e. The summed E-state index contributed by atoms with van der Waals surface area (Å²) in [6, 6.07) is 0. The Kier molecular flexibility index (Phi) is 5.30. The molecule has 3 heteroatoms. The van der Waals surface area contributed by atoms with Gasteiger partial charge in [0.25, 0.3) is 0 Å². The van der Waals surface area contributed by atoms with Crippen LogP contribution in [0.25, 0.3) is 0 Å². The van der Waals surface area contributed by atoms with Gasteiger partial charge in [0.05, 0.1) is 0 Å². The smallest absolute Gasteiger partial charge is 0.223 e. The monoisotopic (exact) mass is 177 g/mol. The molecule has 0 fully saturated rings. The molecule has 0 radical (unpaired) electrons. The van der Waals surface area contributed by atoms with Crippen molar-refractivity contribution in [1.29, 1.82) is 0 Å². The van der Waals surface area contributed by atoms with Gasteiger partial charge in [0.1, 0.15) is 0 Å². The molecule has 66 valence electrons. The van der Waals surface area contributed by atoms with E-state index in [0.29, 0.717) is 18.2 Å². The fourth-order valence-electron chi connectivity index (χ4n) is 0.921. The number of alkyl halides is 1. The van der Waals surface area contributed by atoms with Crippen LogP contribution < -0.4 is 0 Å². The summed E-state index contributed by atoms with van der Waals surface area (Å²) in [5.41, 5.74) is 0. The summed E-state index contributed by atoms with van der Waals surface area (Å²) in [4.78, 5) is 12.8. The molecule has 0 N–H and O–H groups in total. The van der Waals surface area contributed by atoms with E-state index in [1.54, 1.807) is 4.90 Å². The molecule has 2 nitrogen and oxygen atoms in total. The van der Waals surface area contributed by atoms with Crippen molar-refractivity contribution in [3.05, 3.63) is 0 Å². The lowest BCUT2D eigenvalue weighted by molar-refractivity contribution is -0.129. The predicted molar refractivity (Wildman–Crippen MR) is 47.8 cm³/mol. The second kappa shape index (κ2) is 5.42. The van der Waals surface area contributed by atoms with Gasteiger partial charge >= 0.3 is 0 Å². The van der Waals surface area contributed by atoms with Crippen molar-refractivity contribution in [3.63, 3.8) is 0 Å². The molecule has 0 spiro atoms. The fraction of sp³-hybridized carbons (Fsp3) is 0.875. The van der Waals surface area contributed by atoms with Gasteiger partial charge in [-0.2, -0.15) is 0 Å². The Hall–Kier alpha value is -0.240. The Morgan fingerprint density at radius 1 is 1.55 bits per heavy atom. The average Bonchev–Trinajstić information content (AvgIpc) is 1.86. The highest BCUT2D eigenvalue weighted by Gasteiger charge is 2.08. The molecule has 0 saturated heterocycles. The van der Waals surface area contributed by atoms with Crippen molar-refractivity contribution < 1.29 is 4.79 Å². The summed E-state index contributed by atoms with van der Waals surface area (Å²) < 4.78 is 0. The van der Waals surface area contributed by atoms with Gasteiger partial charge in [0, 0.05) is 25.9 Å². The number of carbonyl (C=O) groups is 1. The molecule has 0 bridgehead atoms. The van der Waals surface area contributed by atoms with Crippen molar-refractivity contribution in [1.82, 2.24) is 4.90 Å². The van der Waals surface area contributed by atoms with Crippen molar-refractivity contribution in [2.24, 2.45) is 5.92 Å². The lowest BCUT2D eigenvalue weighted by Gasteiger charge is -2.18. The number of nitrogens with zero attached hydrogens (tertiary/aromatic N) is 1. The molecule has 11 heavy (non-hydrogen) atoms. The first-order valence-corrected chi connectivity index (χ1v) is 4.41. The lowest BCUT2D eigenvalue weighted by atomic mass is 10.2. The van der Waals surface area contributed by atoms with E-state index in [-0.39, 0.29) is 5.91 Å². The molecule has 1 amide bonds. The van der Waals surface area contributed by atoms with E-state index in [4.69, 9.17) is 11.6 Å². The Morgan fingerprint density at radius 3 is 2.45 bits per heavy atom. The second-order valence-electron chi connectivity index (χ2n) is 3.11. The molecule has 0 aliphatic heterocycles. The van der Waals surface area contributed by atoms with E-state index in [9.17, 15) is 4.79 Å². The first-order valence-electron chi connectivity index (χ1n) is 3.87. The van der Waals surface area contributed by atoms with E-state index in [2.05, 4.69) is 13.8 Å². The van der Waals surface area contributed by atoms with Gasteiger partial charge in [-0.3, -0.25) is 4.79 Å². The van der Waals surface area contributed by atoms with E-state index >= 15 is 0 Å². The molecule has 0 aliphatic carbocycles.